The van der Waals surface area contributed by atoms with E-state index in [0.717, 1.165) is 5.56 Å². The fourth-order valence-electron chi connectivity index (χ4n) is 2.85. The molecule has 3 N–H and O–H groups in total. The van der Waals surface area contributed by atoms with Crippen LogP contribution < -0.4 is 11.1 Å². The molecule has 1 aliphatic heterocycles. The molecule has 0 radical (unpaired) electrons. The minimum atomic E-state index is -1.16. The van der Waals surface area contributed by atoms with E-state index < -0.39 is 11.6 Å². The van der Waals surface area contributed by atoms with Crippen molar-refractivity contribution in [2.45, 2.75) is 25.4 Å². The summed E-state index contributed by atoms with van der Waals surface area (Å²) >= 11 is 0. The number of nitrogens with zero attached hydrogens (tertiary/aromatic N) is 1. The molecule has 120 valence electrons. The van der Waals surface area contributed by atoms with Crippen LogP contribution in [0.2, 0.25) is 0 Å². The van der Waals surface area contributed by atoms with Gasteiger partial charge in [0.25, 0.3) is 5.91 Å². The predicted molar refractivity (Wildman–Crippen MR) is 82.9 cm³/mol. The normalized spacial score (nSPS) is 18.4. The van der Waals surface area contributed by atoms with Crippen LogP contribution in [0.15, 0.2) is 30.3 Å². The van der Waals surface area contributed by atoms with Gasteiger partial charge < -0.3 is 15.8 Å². The lowest BCUT2D eigenvalue weighted by atomic mass is 9.96. The number of aryl methyl sites for hydroxylation is 1. The van der Waals surface area contributed by atoms with Gasteiger partial charge in [0.15, 0.2) is 5.66 Å². The Bertz CT molecular complexity index is 515. The molecule has 1 saturated heterocycles. The van der Waals surface area contributed by atoms with Gasteiger partial charge in [-0.05, 0) is 18.4 Å². The van der Waals surface area contributed by atoms with E-state index in [1.54, 1.807) is 0 Å². The largest absolute Gasteiger partial charge is 0.379 e. The molecule has 0 aromatic heterocycles. The van der Waals surface area contributed by atoms with E-state index in [-0.39, 0.29) is 5.91 Å². The highest BCUT2D eigenvalue weighted by Gasteiger charge is 2.43. The van der Waals surface area contributed by atoms with Crippen molar-refractivity contribution in [3.05, 3.63) is 35.9 Å². The lowest BCUT2D eigenvalue weighted by molar-refractivity contribution is -0.143. The molecule has 2 amide bonds. The van der Waals surface area contributed by atoms with Gasteiger partial charge in [0, 0.05) is 20.0 Å². The number of primary amides is 1. The summed E-state index contributed by atoms with van der Waals surface area (Å²) in [7, 11) is 0. The fourth-order valence-corrected chi connectivity index (χ4v) is 2.85. The number of nitrogens with two attached hydrogens (primary N) is 1. The van der Waals surface area contributed by atoms with Crippen molar-refractivity contribution in [2.75, 3.05) is 26.3 Å². The molecular formula is C16H23N3O3. The minimum Gasteiger partial charge on any atom is -0.379 e. The quantitative estimate of drug-likeness (QED) is 0.790. The number of carbonyl (C=O) groups excluding carboxylic acids is 2. The Morgan fingerprint density at radius 3 is 2.45 bits per heavy atom. The first-order valence-corrected chi connectivity index (χ1v) is 7.50. The van der Waals surface area contributed by atoms with Crippen molar-refractivity contribution in [3.63, 3.8) is 0 Å². The Morgan fingerprint density at radius 1 is 1.27 bits per heavy atom. The summed E-state index contributed by atoms with van der Waals surface area (Å²) in [6.45, 7) is 3.59. The van der Waals surface area contributed by atoms with Gasteiger partial charge in [0.1, 0.15) is 0 Å². The van der Waals surface area contributed by atoms with E-state index in [2.05, 4.69) is 5.32 Å². The van der Waals surface area contributed by atoms with Gasteiger partial charge in [0.05, 0.1) is 13.2 Å². The third kappa shape index (κ3) is 3.84. The summed E-state index contributed by atoms with van der Waals surface area (Å²) in [6, 6.07) is 9.85. The zero-order chi connectivity index (χ0) is 16.0. The topological polar surface area (TPSA) is 84.7 Å². The maximum Gasteiger partial charge on any atom is 0.258 e. The second kappa shape index (κ2) is 7.38. The molecular weight excluding hydrogens is 282 g/mol. The number of nitrogens with one attached hydrogen (secondary N) is 1. The van der Waals surface area contributed by atoms with Crippen LogP contribution in [0, 0.1) is 0 Å². The minimum absolute atomic E-state index is 0.265. The van der Waals surface area contributed by atoms with Gasteiger partial charge in [-0.25, -0.2) is 0 Å². The van der Waals surface area contributed by atoms with Gasteiger partial charge in [-0.3, -0.25) is 14.5 Å². The number of rotatable bonds is 6. The average molecular weight is 305 g/mol. The van der Waals surface area contributed by atoms with Crippen LogP contribution in [0.4, 0.5) is 0 Å². The van der Waals surface area contributed by atoms with Gasteiger partial charge in [-0.1, -0.05) is 30.3 Å². The number of morpholine rings is 1. The number of amides is 2. The maximum atomic E-state index is 12.2. The summed E-state index contributed by atoms with van der Waals surface area (Å²) in [6.07, 6.45) is 1.09. The number of hydrogen-bond acceptors (Lipinski definition) is 4. The van der Waals surface area contributed by atoms with E-state index >= 15 is 0 Å². The lowest BCUT2D eigenvalue weighted by Crippen LogP contribution is -2.69. The standard InChI is InChI=1S/C16H23N3O3/c1-13(20)18-16(15(17)21,19-9-11-22-12-10-19)8-7-14-5-3-2-4-6-14/h2-6H,7-12H2,1H3,(H2,17,21)(H,18,20). The molecule has 22 heavy (non-hydrogen) atoms. The van der Waals surface area contributed by atoms with Crippen molar-refractivity contribution in [3.8, 4) is 0 Å². The highest BCUT2D eigenvalue weighted by atomic mass is 16.5. The maximum absolute atomic E-state index is 12.2. The highest BCUT2D eigenvalue weighted by Crippen LogP contribution is 2.21. The number of ether oxygens (including phenoxy) is 1. The number of hydrogen-bond donors (Lipinski definition) is 2. The first-order chi connectivity index (χ1) is 10.5. The van der Waals surface area contributed by atoms with E-state index in [0.29, 0.717) is 39.1 Å². The first-order valence-electron chi connectivity index (χ1n) is 7.50. The molecule has 1 heterocycles. The van der Waals surface area contributed by atoms with Crippen LogP contribution in [0.3, 0.4) is 0 Å². The number of carbonyl (C=O) groups is 2. The van der Waals surface area contributed by atoms with E-state index in [1.165, 1.54) is 6.92 Å². The molecule has 0 spiro atoms. The summed E-state index contributed by atoms with van der Waals surface area (Å²) in [4.78, 5) is 25.8. The van der Waals surface area contributed by atoms with Gasteiger partial charge in [0.2, 0.25) is 5.91 Å². The van der Waals surface area contributed by atoms with Crippen LogP contribution in [0.5, 0.6) is 0 Å². The first kappa shape index (κ1) is 16.5. The third-order valence-corrected chi connectivity index (χ3v) is 3.96. The number of benzene rings is 1. The molecule has 0 bridgehead atoms. The Balaban J connectivity index is 2.21. The molecule has 0 aliphatic carbocycles. The monoisotopic (exact) mass is 305 g/mol. The van der Waals surface area contributed by atoms with Gasteiger partial charge in [-0.2, -0.15) is 0 Å². The van der Waals surface area contributed by atoms with Crippen molar-refractivity contribution in [2.24, 2.45) is 5.73 Å². The van der Waals surface area contributed by atoms with Crippen molar-refractivity contribution in [1.82, 2.24) is 10.2 Å². The second-order valence-electron chi connectivity index (χ2n) is 5.49. The van der Waals surface area contributed by atoms with Crippen LogP contribution in [-0.2, 0) is 20.7 Å². The van der Waals surface area contributed by atoms with Crippen molar-refractivity contribution >= 4 is 11.8 Å². The van der Waals surface area contributed by atoms with Crippen LogP contribution in [0.25, 0.3) is 0 Å². The smallest absolute Gasteiger partial charge is 0.258 e. The van der Waals surface area contributed by atoms with Crippen LogP contribution in [-0.4, -0.2) is 48.7 Å². The van der Waals surface area contributed by atoms with Crippen molar-refractivity contribution < 1.29 is 14.3 Å². The summed E-state index contributed by atoms with van der Waals surface area (Å²) in [5.41, 5.74) is 5.62. The molecule has 1 unspecified atom stereocenters. The molecule has 1 aromatic rings. The molecule has 6 nitrogen and oxygen atoms in total. The average Bonchev–Trinajstić information content (AvgIpc) is 2.52. The molecule has 6 heteroatoms. The Hall–Kier alpha value is -1.92. The second-order valence-corrected chi connectivity index (χ2v) is 5.49. The molecule has 1 atom stereocenters. The molecule has 1 aliphatic rings. The van der Waals surface area contributed by atoms with Gasteiger partial charge >= 0.3 is 0 Å². The van der Waals surface area contributed by atoms with Gasteiger partial charge in [-0.15, -0.1) is 0 Å². The van der Waals surface area contributed by atoms with E-state index in [1.807, 2.05) is 35.2 Å². The molecule has 1 aromatic carbocycles. The Kier molecular flexibility index (Phi) is 5.51. The summed E-state index contributed by atoms with van der Waals surface area (Å²) in [5, 5.41) is 2.79. The summed E-state index contributed by atoms with van der Waals surface area (Å²) < 4.78 is 5.34. The van der Waals surface area contributed by atoms with Crippen molar-refractivity contribution in [1.29, 1.82) is 0 Å². The zero-order valence-electron chi connectivity index (χ0n) is 12.9. The van der Waals surface area contributed by atoms with Crippen LogP contribution in [0.1, 0.15) is 18.9 Å². The molecule has 0 saturated carbocycles. The fraction of sp³-hybridized carbons (Fsp3) is 0.500. The molecule has 1 fully saturated rings. The van der Waals surface area contributed by atoms with E-state index in [9.17, 15) is 9.59 Å². The lowest BCUT2D eigenvalue weighted by Gasteiger charge is -2.43. The Labute approximate surface area is 130 Å². The van der Waals surface area contributed by atoms with Crippen LogP contribution >= 0.6 is 0 Å². The zero-order valence-corrected chi connectivity index (χ0v) is 12.9. The summed E-state index contributed by atoms with van der Waals surface area (Å²) in [5.74, 6) is -0.793. The Morgan fingerprint density at radius 2 is 1.91 bits per heavy atom. The predicted octanol–water partition coefficient (Wildman–Crippen LogP) is 0.269. The third-order valence-electron chi connectivity index (χ3n) is 3.96. The SMILES string of the molecule is CC(=O)NC(CCc1ccccc1)(C(N)=O)N1CCOCC1. The molecule has 2 rings (SSSR count). The highest BCUT2D eigenvalue weighted by molar-refractivity contribution is 5.89. The van der Waals surface area contributed by atoms with E-state index in [4.69, 9.17) is 10.5 Å².